The molecule has 0 aliphatic carbocycles. The van der Waals surface area contributed by atoms with E-state index in [0.717, 1.165) is 5.69 Å². The van der Waals surface area contributed by atoms with Crippen molar-refractivity contribution < 1.29 is 4.57 Å². The van der Waals surface area contributed by atoms with Crippen LogP contribution in [0.5, 0.6) is 0 Å². The summed E-state index contributed by atoms with van der Waals surface area (Å²) >= 11 is 13.8. The Morgan fingerprint density at radius 2 is 2.00 bits per heavy atom. The third-order valence-corrected chi connectivity index (χ3v) is 1.77. The number of nitrogen functional groups attached to an aromatic ring is 1. The summed E-state index contributed by atoms with van der Waals surface area (Å²) in [5.41, 5.74) is 7.11. The third kappa shape index (κ3) is 4.24. The minimum atomic E-state index is -3.22. The highest BCUT2D eigenvalue weighted by Gasteiger charge is 2.06. The van der Waals surface area contributed by atoms with Crippen molar-refractivity contribution >= 4 is 50.1 Å². The number of hydrogen-bond acceptors (Lipinski definition) is 4. The minimum Gasteiger partial charge on any atom is -0.397 e. The lowest BCUT2D eigenvalue weighted by atomic mass is 10.4. The van der Waals surface area contributed by atoms with E-state index in [0.29, 0.717) is 11.2 Å². The molecule has 2 heterocycles. The second-order valence-corrected chi connectivity index (χ2v) is 9.66. The molecule has 0 unspecified atom stereocenters. The average molecular weight is 318 g/mol. The summed E-state index contributed by atoms with van der Waals surface area (Å²) in [7, 11) is 0. The molecule has 17 heavy (non-hydrogen) atoms. The molecule has 0 amide bonds. The zero-order valence-corrected chi connectivity index (χ0v) is 11.7. The van der Waals surface area contributed by atoms with Crippen molar-refractivity contribution in [3.63, 3.8) is 0 Å². The van der Waals surface area contributed by atoms with Crippen LogP contribution in [0.25, 0.3) is 5.52 Å². The quantitative estimate of drug-likeness (QED) is 0.731. The SMILES string of the molecule is Cc1cc(N)c2c(=O)[nH]cnn12.O=P(Cl)(Cl)Cl. The summed E-state index contributed by atoms with van der Waals surface area (Å²) in [5.74, 6) is 0. The second-order valence-electron chi connectivity index (χ2n) is 3.02. The maximum absolute atomic E-state index is 11.2. The number of hydrogen-bond donors (Lipinski definition) is 2. The first-order valence-electron chi connectivity index (χ1n) is 4.20. The largest absolute Gasteiger partial charge is 0.397 e. The number of nitrogens with one attached hydrogen (secondary N) is 1. The minimum absolute atomic E-state index is 0.212. The summed E-state index contributed by atoms with van der Waals surface area (Å²) in [6, 6.07) is 1.72. The zero-order valence-electron chi connectivity index (χ0n) is 8.52. The Labute approximate surface area is 110 Å². The van der Waals surface area contributed by atoms with Gasteiger partial charge in [0.15, 0.2) is 5.52 Å². The molecule has 0 bridgehead atoms. The summed E-state index contributed by atoms with van der Waals surface area (Å²) in [6.07, 6.45) is 1.35. The first-order valence-corrected chi connectivity index (χ1v) is 8.63. The molecular formula is C7H8Cl3N4O2P. The van der Waals surface area contributed by atoms with E-state index in [1.165, 1.54) is 10.8 Å². The maximum atomic E-state index is 11.2. The van der Waals surface area contributed by atoms with Crippen LogP contribution in [-0.2, 0) is 4.57 Å². The lowest BCUT2D eigenvalue weighted by Gasteiger charge is -1.93. The van der Waals surface area contributed by atoms with Gasteiger partial charge in [0.1, 0.15) is 6.33 Å². The molecule has 3 N–H and O–H groups in total. The van der Waals surface area contributed by atoms with Crippen LogP contribution >= 0.6 is 38.9 Å². The lowest BCUT2D eigenvalue weighted by molar-refractivity contribution is 0.600. The number of aryl methyl sites for hydroxylation is 1. The van der Waals surface area contributed by atoms with Crippen molar-refractivity contribution in [3.8, 4) is 0 Å². The average Bonchev–Trinajstić information content (AvgIpc) is 2.41. The topological polar surface area (TPSA) is 93.2 Å². The molecule has 2 aromatic heterocycles. The van der Waals surface area contributed by atoms with Crippen molar-refractivity contribution in [1.29, 1.82) is 0 Å². The number of aromatic nitrogens is 3. The maximum Gasteiger partial charge on any atom is 0.339 e. The molecule has 0 saturated carbocycles. The van der Waals surface area contributed by atoms with Gasteiger partial charge in [0, 0.05) is 5.69 Å². The molecule has 0 spiro atoms. The fraction of sp³-hybridized carbons (Fsp3) is 0.143. The Hall–Kier alpha value is -0.680. The molecule has 0 aliphatic rings. The van der Waals surface area contributed by atoms with Crippen molar-refractivity contribution in [3.05, 3.63) is 28.4 Å². The van der Waals surface area contributed by atoms with Gasteiger partial charge in [0.25, 0.3) is 5.56 Å². The molecule has 0 aliphatic heterocycles. The van der Waals surface area contributed by atoms with Gasteiger partial charge in [0.05, 0.1) is 5.69 Å². The van der Waals surface area contributed by atoms with E-state index >= 15 is 0 Å². The Balaban J connectivity index is 0.000000249. The molecular weight excluding hydrogens is 309 g/mol. The second kappa shape index (κ2) is 5.31. The van der Waals surface area contributed by atoms with E-state index in [1.807, 2.05) is 6.92 Å². The van der Waals surface area contributed by atoms with Gasteiger partial charge in [-0.3, -0.25) is 9.36 Å². The molecule has 10 heteroatoms. The predicted molar refractivity (Wildman–Crippen MR) is 70.1 cm³/mol. The van der Waals surface area contributed by atoms with E-state index in [9.17, 15) is 9.36 Å². The molecule has 0 atom stereocenters. The number of anilines is 1. The predicted octanol–water partition coefficient (Wildman–Crippen LogP) is 2.72. The molecule has 0 radical (unpaired) electrons. The fourth-order valence-corrected chi connectivity index (χ4v) is 1.24. The van der Waals surface area contributed by atoms with Crippen LogP contribution < -0.4 is 11.3 Å². The fourth-order valence-electron chi connectivity index (χ4n) is 1.24. The molecule has 0 aromatic carbocycles. The summed E-state index contributed by atoms with van der Waals surface area (Å²) in [4.78, 5) is 13.7. The molecule has 0 fully saturated rings. The van der Waals surface area contributed by atoms with Gasteiger partial charge in [-0.15, -0.1) is 0 Å². The number of fused-ring (bicyclic) bond motifs is 1. The van der Waals surface area contributed by atoms with Crippen LogP contribution in [0.15, 0.2) is 17.2 Å². The van der Waals surface area contributed by atoms with Gasteiger partial charge in [0.2, 0.25) is 0 Å². The third-order valence-electron chi connectivity index (χ3n) is 1.77. The van der Waals surface area contributed by atoms with Crippen molar-refractivity contribution in [2.24, 2.45) is 0 Å². The Morgan fingerprint density at radius 3 is 2.47 bits per heavy atom. The van der Waals surface area contributed by atoms with Crippen molar-refractivity contribution in [2.75, 3.05) is 5.73 Å². The number of aromatic amines is 1. The molecule has 2 rings (SSSR count). The molecule has 0 saturated heterocycles. The lowest BCUT2D eigenvalue weighted by Crippen LogP contribution is -2.11. The van der Waals surface area contributed by atoms with E-state index < -0.39 is 5.20 Å². The first-order chi connectivity index (χ1) is 7.70. The highest BCUT2D eigenvalue weighted by Crippen LogP contribution is 2.61. The molecule has 2 aromatic rings. The number of H-pyrrole nitrogens is 1. The van der Waals surface area contributed by atoms with E-state index in [-0.39, 0.29) is 5.56 Å². The standard InChI is InChI=1S/C7H8N4O.Cl3OP/c1-4-2-5(8)6-7(12)9-3-10-11(4)6;1-5(2,3)4/h2-3H,8H2,1H3,(H,9,10,12);. The monoisotopic (exact) mass is 316 g/mol. The number of rotatable bonds is 0. The normalized spacial score (nSPS) is 11.1. The molecule has 94 valence electrons. The van der Waals surface area contributed by atoms with Crippen LogP contribution in [0.1, 0.15) is 5.69 Å². The van der Waals surface area contributed by atoms with Gasteiger partial charge in [-0.25, -0.2) is 4.52 Å². The smallest absolute Gasteiger partial charge is 0.339 e. The zero-order chi connectivity index (χ0) is 13.2. The van der Waals surface area contributed by atoms with Crippen LogP contribution in [0.3, 0.4) is 0 Å². The molecule has 6 nitrogen and oxygen atoms in total. The van der Waals surface area contributed by atoms with Crippen molar-refractivity contribution in [2.45, 2.75) is 6.92 Å². The number of nitrogens with zero attached hydrogens (tertiary/aromatic N) is 2. The first kappa shape index (κ1) is 14.4. The summed E-state index contributed by atoms with van der Waals surface area (Å²) in [5, 5.41) is 0.721. The van der Waals surface area contributed by atoms with E-state index in [4.69, 9.17) is 5.73 Å². The van der Waals surface area contributed by atoms with Gasteiger partial charge >= 0.3 is 5.20 Å². The Morgan fingerprint density at radius 1 is 1.47 bits per heavy atom. The van der Waals surface area contributed by atoms with Gasteiger partial charge in [-0.1, -0.05) is 0 Å². The Kier molecular flexibility index (Phi) is 4.49. The van der Waals surface area contributed by atoms with E-state index in [1.54, 1.807) is 6.07 Å². The van der Waals surface area contributed by atoms with Crippen molar-refractivity contribution in [1.82, 2.24) is 14.6 Å². The highest BCUT2D eigenvalue weighted by molar-refractivity contribution is 8.24. The summed E-state index contributed by atoms with van der Waals surface area (Å²) < 4.78 is 11.0. The van der Waals surface area contributed by atoms with E-state index in [2.05, 4.69) is 43.8 Å². The highest BCUT2D eigenvalue weighted by atomic mass is 36.0. The van der Waals surface area contributed by atoms with Crippen LogP contribution in [-0.4, -0.2) is 14.6 Å². The van der Waals surface area contributed by atoms with Crippen LogP contribution in [0, 0.1) is 6.92 Å². The van der Waals surface area contributed by atoms with Gasteiger partial charge < -0.3 is 10.7 Å². The van der Waals surface area contributed by atoms with Gasteiger partial charge in [-0.2, -0.15) is 5.10 Å². The Bertz CT molecular complexity index is 623. The summed E-state index contributed by atoms with van der Waals surface area (Å²) in [6.45, 7) is 1.84. The van der Waals surface area contributed by atoms with Gasteiger partial charge in [-0.05, 0) is 46.7 Å². The van der Waals surface area contributed by atoms with Crippen LogP contribution in [0.2, 0.25) is 0 Å². The van der Waals surface area contributed by atoms with Crippen LogP contribution in [0.4, 0.5) is 5.69 Å². The number of nitrogens with two attached hydrogens (primary N) is 1. The number of halogens is 3.